The topological polar surface area (TPSA) is 103 Å². The van der Waals surface area contributed by atoms with Gasteiger partial charge in [0.05, 0.1) is 13.0 Å². The quantitative estimate of drug-likeness (QED) is 0.211. The van der Waals surface area contributed by atoms with E-state index in [1.807, 2.05) is 7.05 Å². The summed E-state index contributed by atoms with van der Waals surface area (Å²) in [6.45, 7) is 16.6. The monoisotopic (exact) mass is 530 g/mol. The van der Waals surface area contributed by atoms with Gasteiger partial charge in [0, 0.05) is 18.2 Å². The second kappa shape index (κ2) is 13.3. The highest BCUT2D eigenvalue weighted by Crippen LogP contribution is 2.45. The molecule has 38 heavy (non-hydrogen) atoms. The number of benzene rings is 1. The molecule has 0 bridgehead atoms. The van der Waals surface area contributed by atoms with Gasteiger partial charge in [-0.1, -0.05) is 41.2 Å². The Morgan fingerprint density at radius 2 is 1.66 bits per heavy atom. The van der Waals surface area contributed by atoms with Crippen molar-refractivity contribution in [1.29, 1.82) is 0 Å². The third kappa shape index (κ3) is 8.86. The summed E-state index contributed by atoms with van der Waals surface area (Å²) in [5, 5.41) is 6.50. The number of carbonyl (C=O) groups excluding carboxylic acids is 3. The lowest BCUT2D eigenvalue weighted by Crippen LogP contribution is -2.49. The van der Waals surface area contributed by atoms with Crippen LogP contribution in [0.25, 0.3) is 0 Å². The van der Waals surface area contributed by atoms with E-state index in [1.165, 1.54) is 6.92 Å². The molecule has 0 heterocycles. The minimum atomic E-state index is -1.38. The standard InChI is InChI=1S/C30H46N2O6/c1-9-30(10-2,38-26(34)21(3)4)27(35)37-24-13-11-23(12-14-24)36-16-15-25(33)32-22-17-28(5,6)19-29(7,18-22)20-31-8/h11-14,22,31H,3,9-10,15-20H2,1-2,4-8H3,(H,32,33). The molecule has 0 aliphatic heterocycles. The van der Waals surface area contributed by atoms with E-state index in [0.29, 0.717) is 11.5 Å². The summed E-state index contributed by atoms with van der Waals surface area (Å²) < 4.78 is 16.7. The molecule has 1 aliphatic rings. The van der Waals surface area contributed by atoms with Gasteiger partial charge in [-0.3, -0.25) is 4.79 Å². The molecule has 8 heteroatoms. The SMILES string of the molecule is C=C(C)C(=O)OC(CC)(CC)C(=O)Oc1ccc(OCCC(=O)NC2CC(C)(C)CC(C)(CNC)C2)cc1. The van der Waals surface area contributed by atoms with Crippen LogP contribution in [-0.2, 0) is 19.1 Å². The Morgan fingerprint density at radius 3 is 2.21 bits per heavy atom. The average molecular weight is 531 g/mol. The predicted octanol–water partition coefficient (Wildman–Crippen LogP) is 4.96. The number of ether oxygens (including phenoxy) is 3. The van der Waals surface area contributed by atoms with Crippen molar-refractivity contribution in [1.82, 2.24) is 10.6 Å². The average Bonchev–Trinajstić information content (AvgIpc) is 2.82. The zero-order valence-corrected chi connectivity index (χ0v) is 24.2. The van der Waals surface area contributed by atoms with Crippen molar-refractivity contribution in [2.75, 3.05) is 20.2 Å². The van der Waals surface area contributed by atoms with Gasteiger partial charge in [-0.05, 0) is 81.2 Å². The zero-order chi connectivity index (χ0) is 28.6. The summed E-state index contributed by atoms with van der Waals surface area (Å²) in [5.74, 6) is -0.423. The number of esters is 2. The molecule has 1 aromatic carbocycles. The van der Waals surface area contributed by atoms with Crippen molar-refractivity contribution in [2.45, 2.75) is 91.7 Å². The first-order chi connectivity index (χ1) is 17.8. The summed E-state index contributed by atoms with van der Waals surface area (Å²) in [6, 6.07) is 6.71. The summed E-state index contributed by atoms with van der Waals surface area (Å²) in [6.07, 6.45) is 3.84. The van der Waals surface area contributed by atoms with Gasteiger partial charge >= 0.3 is 11.9 Å². The molecule has 2 rings (SSSR count). The molecule has 1 aliphatic carbocycles. The fraction of sp³-hybridized carbons (Fsp3) is 0.633. The van der Waals surface area contributed by atoms with Crippen LogP contribution in [-0.4, -0.2) is 49.7 Å². The second-order valence-electron chi connectivity index (χ2n) is 11.7. The first kappa shape index (κ1) is 31.3. The van der Waals surface area contributed by atoms with Gasteiger partial charge in [-0.2, -0.15) is 0 Å². The lowest BCUT2D eigenvalue weighted by Gasteiger charge is -2.47. The molecule has 1 saturated carbocycles. The number of carbonyl (C=O) groups is 3. The van der Waals surface area contributed by atoms with E-state index < -0.39 is 17.5 Å². The Bertz CT molecular complexity index is 983. The van der Waals surface area contributed by atoms with Crippen LogP contribution >= 0.6 is 0 Å². The maximum atomic E-state index is 12.9. The van der Waals surface area contributed by atoms with Crippen LogP contribution in [0.1, 0.15) is 80.1 Å². The number of hydrogen-bond acceptors (Lipinski definition) is 7. The lowest BCUT2D eigenvalue weighted by molar-refractivity contribution is -0.175. The first-order valence-corrected chi connectivity index (χ1v) is 13.5. The van der Waals surface area contributed by atoms with Crippen molar-refractivity contribution in [3.05, 3.63) is 36.4 Å². The minimum Gasteiger partial charge on any atom is -0.493 e. The lowest BCUT2D eigenvalue weighted by atomic mass is 9.62. The fourth-order valence-corrected chi connectivity index (χ4v) is 5.65. The van der Waals surface area contributed by atoms with Gasteiger partial charge in [0.1, 0.15) is 11.5 Å². The van der Waals surface area contributed by atoms with Gasteiger partial charge < -0.3 is 24.8 Å². The second-order valence-corrected chi connectivity index (χ2v) is 11.7. The van der Waals surface area contributed by atoms with E-state index >= 15 is 0 Å². The third-order valence-electron chi connectivity index (χ3n) is 7.20. The Kier molecular flexibility index (Phi) is 10.9. The van der Waals surface area contributed by atoms with Crippen molar-refractivity contribution >= 4 is 17.8 Å². The molecule has 8 nitrogen and oxygen atoms in total. The van der Waals surface area contributed by atoms with Crippen LogP contribution in [0.5, 0.6) is 11.5 Å². The molecule has 1 fully saturated rings. The van der Waals surface area contributed by atoms with Gasteiger partial charge in [0.2, 0.25) is 11.5 Å². The van der Waals surface area contributed by atoms with Gasteiger partial charge in [0.15, 0.2) is 0 Å². The van der Waals surface area contributed by atoms with E-state index in [2.05, 4.69) is 38.0 Å². The molecule has 2 unspecified atom stereocenters. The van der Waals surface area contributed by atoms with Gasteiger partial charge in [-0.15, -0.1) is 0 Å². The molecule has 1 aromatic rings. The highest BCUT2D eigenvalue weighted by molar-refractivity contribution is 5.91. The van der Waals surface area contributed by atoms with E-state index in [9.17, 15) is 14.4 Å². The summed E-state index contributed by atoms with van der Waals surface area (Å²) in [5.41, 5.74) is -0.842. The number of amides is 1. The molecule has 0 aromatic heterocycles. The van der Waals surface area contributed by atoms with Crippen LogP contribution in [0, 0.1) is 10.8 Å². The Hall–Kier alpha value is -2.87. The van der Waals surface area contributed by atoms with Crippen molar-refractivity contribution in [3.63, 3.8) is 0 Å². The molecular formula is C30H46N2O6. The van der Waals surface area contributed by atoms with Crippen molar-refractivity contribution < 1.29 is 28.6 Å². The Balaban J connectivity index is 1.87. The molecule has 0 spiro atoms. The normalized spacial score (nSPS) is 20.8. The van der Waals surface area contributed by atoms with Crippen LogP contribution in [0.15, 0.2) is 36.4 Å². The predicted molar refractivity (Wildman–Crippen MR) is 148 cm³/mol. The van der Waals surface area contributed by atoms with Crippen molar-refractivity contribution in [2.24, 2.45) is 10.8 Å². The highest BCUT2D eigenvalue weighted by Gasteiger charge is 2.42. The van der Waals surface area contributed by atoms with Crippen molar-refractivity contribution in [3.8, 4) is 11.5 Å². The summed E-state index contributed by atoms with van der Waals surface area (Å²) in [4.78, 5) is 37.5. The molecule has 0 saturated heterocycles. The molecule has 0 radical (unpaired) electrons. The van der Waals surface area contributed by atoms with Crippen LogP contribution in [0.4, 0.5) is 0 Å². The molecule has 2 N–H and O–H groups in total. The smallest absolute Gasteiger partial charge is 0.355 e. The maximum Gasteiger partial charge on any atom is 0.355 e. The molecule has 1 amide bonds. The van der Waals surface area contributed by atoms with Crippen LogP contribution in [0.2, 0.25) is 0 Å². The third-order valence-corrected chi connectivity index (χ3v) is 7.20. The molecule has 212 valence electrons. The van der Waals surface area contributed by atoms with Crippen LogP contribution < -0.4 is 20.1 Å². The van der Waals surface area contributed by atoms with E-state index in [1.54, 1.807) is 38.1 Å². The zero-order valence-electron chi connectivity index (χ0n) is 24.2. The number of rotatable bonds is 13. The fourth-order valence-electron chi connectivity index (χ4n) is 5.65. The van der Waals surface area contributed by atoms with Crippen LogP contribution in [0.3, 0.4) is 0 Å². The highest BCUT2D eigenvalue weighted by atomic mass is 16.6. The number of nitrogens with one attached hydrogen (secondary N) is 2. The first-order valence-electron chi connectivity index (χ1n) is 13.5. The molecule has 2 atom stereocenters. The maximum absolute atomic E-state index is 12.9. The Morgan fingerprint density at radius 1 is 1.05 bits per heavy atom. The van der Waals surface area contributed by atoms with E-state index in [0.717, 1.165) is 25.8 Å². The number of hydrogen-bond donors (Lipinski definition) is 2. The van der Waals surface area contributed by atoms with Gasteiger partial charge in [-0.25, -0.2) is 9.59 Å². The minimum absolute atomic E-state index is 0.0233. The van der Waals surface area contributed by atoms with E-state index in [4.69, 9.17) is 14.2 Å². The Labute approximate surface area is 227 Å². The largest absolute Gasteiger partial charge is 0.493 e. The van der Waals surface area contributed by atoms with E-state index in [-0.39, 0.29) is 54.2 Å². The summed E-state index contributed by atoms with van der Waals surface area (Å²) in [7, 11) is 1.97. The van der Waals surface area contributed by atoms with Gasteiger partial charge in [0.25, 0.3) is 0 Å². The summed E-state index contributed by atoms with van der Waals surface area (Å²) >= 11 is 0. The molecular weight excluding hydrogens is 484 g/mol.